The van der Waals surface area contributed by atoms with Crippen molar-refractivity contribution >= 4 is 5.97 Å². The van der Waals surface area contributed by atoms with Gasteiger partial charge in [0.25, 0.3) is 0 Å². The fourth-order valence-corrected chi connectivity index (χ4v) is 3.33. The summed E-state index contributed by atoms with van der Waals surface area (Å²) in [5.74, 6) is -1.92. The normalized spacial score (nSPS) is 27.0. The van der Waals surface area contributed by atoms with Gasteiger partial charge in [0.15, 0.2) is 0 Å². The number of halogens is 3. The van der Waals surface area contributed by atoms with Crippen molar-refractivity contribution in [3.8, 4) is 0 Å². The molecule has 2 N–H and O–H groups in total. The lowest BCUT2D eigenvalue weighted by Gasteiger charge is -2.39. The first-order valence-corrected chi connectivity index (χ1v) is 9.06. The number of hydrogen-bond donors (Lipinski definition) is 2. The molecule has 0 radical (unpaired) electrons. The number of ether oxygens (including phenoxy) is 2. The van der Waals surface area contributed by atoms with E-state index in [9.17, 15) is 18.3 Å². The van der Waals surface area contributed by atoms with Crippen LogP contribution in [0.3, 0.4) is 0 Å². The van der Waals surface area contributed by atoms with Crippen LogP contribution in [-0.2, 0) is 14.3 Å². The molecular formula is C17H28F3NO5. The highest BCUT2D eigenvalue weighted by Gasteiger charge is 2.43. The smallest absolute Gasteiger partial charge is 0.475 e. The molecule has 3 aliphatic rings. The number of hydrogen-bond acceptors (Lipinski definition) is 5. The maximum atomic E-state index is 10.6. The van der Waals surface area contributed by atoms with Gasteiger partial charge in [-0.2, -0.15) is 13.2 Å². The minimum absolute atomic E-state index is 0.0728. The quantitative estimate of drug-likeness (QED) is 0.757. The molecule has 9 heteroatoms. The number of rotatable bonds is 5. The van der Waals surface area contributed by atoms with E-state index >= 15 is 0 Å². The van der Waals surface area contributed by atoms with Crippen LogP contribution in [0.2, 0.25) is 0 Å². The molecular weight excluding hydrogens is 355 g/mol. The maximum Gasteiger partial charge on any atom is 0.490 e. The molecule has 0 aromatic heterocycles. The van der Waals surface area contributed by atoms with E-state index in [4.69, 9.17) is 19.4 Å². The summed E-state index contributed by atoms with van der Waals surface area (Å²) in [5.41, 5.74) is 0.0728. The third kappa shape index (κ3) is 7.02. The van der Waals surface area contributed by atoms with Crippen molar-refractivity contribution < 1.29 is 37.7 Å². The molecule has 2 aliphatic heterocycles. The van der Waals surface area contributed by atoms with Gasteiger partial charge in [-0.1, -0.05) is 0 Å². The summed E-state index contributed by atoms with van der Waals surface area (Å²) in [6.07, 6.45) is 0.964. The molecule has 3 fully saturated rings. The Morgan fingerprint density at radius 3 is 2.38 bits per heavy atom. The van der Waals surface area contributed by atoms with Crippen LogP contribution in [-0.4, -0.2) is 77.9 Å². The highest BCUT2D eigenvalue weighted by atomic mass is 19.4. The van der Waals surface area contributed by atoms with Crippen LogP contribution in [0.15, 0.2) is 0 Å². The molecule has 1 saturated carbocycles. The molecule has 0 bridgehead atoms. The number of aliphatic hydroxyl groups excluding tert-OH is 1. The van der Waals surface area contributed by atoms with Gasteiger partial charge in [-0.05, 0) is 38.5 Å². The average Bonchev–Trinajstić information content (AvgIpc) is 3.29. The van der Waals surface area contributed by atoms with E-state index in [0.717, 1.165) is 58.0 Å². The van der Waals surface area contributed by atoms with E-state index in [1.165, 1.54) is 12.8 Å². The lowest BCUT2D eigenvalue weighted by atomic mass is 9.88. The second-order valence-corrected chi connectivity index (χ2v) is 7.55. The molecule has 26 heavy (non-hydrogen) atoms. The van der Waals surface area contributed by atoms with E-state index in [1.54, 1.807) is 0 Å². The first-order chi connectivity index (χ1) is 12.1. The van der Waals surface area contributed by atoms with Crippen molar-refractivity contribution in [2.75, 3.05) is 32.8 Å². The summed E-state index contributed by atoms with van der Waals surface area (Å²) in [6, 6.07) is 0. The van der Waals surface area contributed by atoms with Crippen LogP contribution in [0.4, 0.5) is 13.2 Å². The van der Waals surface area contributed by atoms with Crippen LogP contribution >= 0.6 is 0 Å². The monoisotopic (exact) mass is 383 g/mol. The van der Waals surface area contributed by atoms with E-state index in [0.29, 0.717) is 6.10 Å². The Labute approximate surface area is 151 Å². The second-order valence-electron chi connectivity index (χ2n) is 7.55. The summed E-state index contributed by atoms with van der Waals surface area (Å²) in [4.78, 5) is 11.2. The van der Waals surface area contributed by atoms with Crippen molar-refractivity contribution in [2.24, 2.45) is 5.92 Å². The zero-order chi connectivity index (χ0) is 19.4. The van der Waals surface area contributed by atoms with Gasteiger partial charge in [0, 0.05) is 32.7 Å². The van der Waals surface area contributed by atoms with Crippen molar-refractivity contribution in [3.63, 3.8) is 0 Å². The Balaban J connectivity index is 0.000000298. The predicted molar refractivity (Wildman–Crippen MR) is 86.8 cm³/mol. The minimum atomic E-state index is -5.08. The molecule has 0 aromatic rings. The van der Waals surface area contributed by atoms with Crippen LogP contribution < -0.4 is 0 Å². The molecule has 3 rings (SSSR count). The van der Waals surface area contributed by atoms with Gasteiger partial charge in [0.05, 0.1) is 24.4 Å². The van der Waals surface area contributed by atoms with E-state index in [2.05, 4.69) is 4.90 Å². The van der Waals surface area contributed by atoms with E-state index in [1.807, 2.05) is 6.92 Å². The standard InChI is InChI=1S/C15H27NO3.C2HF3O2/c1-12(17)9-16-6-4-15(5-7-16)8-14(11-19-15)18-10-13-2-3-13;3-2(4,5)1(6)7/h12-14,17H,2-11H2,1H3;(H,6,7). The minimum Gasteiger partial charge on any atom is -0.475 e. The Bertz CT molecular complexity index is 460. The summed E-state index contributed by atoms with van der Waals surface area (Å²) >= 11 is 0. The van der Waals surface area contributed by atoms with Crippen LogP contribution in [0.1, 0.15) is 39.0 Å². The SMILES string of the molecule is CC(O)CN1CCC2(CC1)CC(OCC1CC1)CO2.O=C(O)C(F)(F)F. The Morgan fingerprint density at radius 1 is 1.35 bits per heavy atom. The van der Waals surface area contributed by atoms with Crippen LogP contribution in [0.5, 0.6) is 0 Å². The predicted octanol–water partition coefficient (Wildman–Crippen LogP) is 2.05. The van der Waals surface area contributed by atoms with Crippen molar-refractivity contribution in [1.29, 1.82) is 0 Å². The maximum absolute atomic E-state index is 10.6. The van der Waals surface area contributed by atoms with Crippen molar-refractivity contribution in [2.45, 2.75) is 63.0 Å². The van der Waals surface area contributed by atoms with Crippen LogP contribution in [0.25, 0.3) is 0 Å². The second kappa shape index (κ2) is 8.86. The largest absolute Gasteiger partial charge is 0.490 e. The summed E-state index contributed by atoms with van der Waals surface area (Å²) in [7, 11) is 0. The first-order valence-electron chi connectivity index (χ1n) is 9.06. The molecule has 2 heterocycles. The fraction of sp³-hybridized carbons (Fsp3) is 0.941. The lowest BCUT2D eigenvalue weighted by molar-refractivity contribution is -0.192. The number of likely N-dealkylation sites (tertiary alicyclic amines) is 1. The lowest BCUT2D eigenvalue weighted by Crippen LogP contribution is -2.46. The molecule has 1 aliphatic carbocycles. The molecule has 6 nitrogen and oxygen atoms in total. The van der Waals surface area contributed by atoms with Gasteiger partial charge in [-0.25, -0.2) is 4.79 Å². The zero-order valence-corrected chi connectivity index (χ0v) is 15.0. The average molecular weight is 383 g/mol. The third-order valence-electron chi connectivity index (χ3n) is 4.97. The number of carboxylic acid groups (broad SMARTS) is 1. The summed E-state index contributed by atoms with van der Waals surface area (Å²) in [5, 5.41) is 16.6. The third-order valence-corrected chi connectivity index (χ3v) is 4.97. The summed E-state index contributed by atoms with van der Waals surface area (Å²) < 4.78 is 43.8. The molecule has 0 amide bonds. The van der Waals surface area contributed by atoms with Gasteiger partial charge in [-0.15, -0.1) is 0 Å². The fourth-order valence-electron chi connectivity index (χ4n) is 3.33. The zero-order valence-electron chi connectivity index (χ0n) is 15.0. The molecule has 2 atom stereocenters. The summed E-state index contributed by atoms with van der Waals surface area (Å²) in [6.45, 7) is 6.46. The molecule has 0 aromatic carbocycles. The first kappa shape index (κ1) is 21.4. The Morgan fingerprint density at radius 2 is 1.92 bits per heavy atom. The van der Waals surface area contributed by atoms with Gasteiger partial charge in [0.2, 0.25) is 0 Å². The van der Waals surface area contributed by atoms with E-state index < -0.39 is 12.1 Å². The highest BCUT2D eigenvalue weighted by molar-refractivity contribution is 5.73. The topological polar surface area (TPSA) is 79.2 Å². The number of carbonyl (C=O) groups is 1. The number of carboxylic acids is 1. The van der Waals surface area contributed by atoms with E-state index in [-0.39, 0.29) is 11.7 Å². The van der Waals surface area contributed by atoms with Crippen molar-refractivity contribution in [1.82, 2.24) is 4.90 Å². The molecule has 1 spiro atoms. The molecule has 2 unspecified atom stereocenters. The van der Waals surface area contributed by atoms with Gasteiger partial charge >= 0.3 is 12.1 Å². The molecule has 2 saturated heterocycles. The van der Waals surface area contributed by atoms with Crippen molar-refractivity contribution in [3.05, 3.63) is 0 Å². The number of aliphatic hydroxyl groups is 1. The number of nitrogens with zero attached hydrogens (tertiary/aromatic N) is 1. The number of piperidine rings is 1. The van der Waals surface area contributed by atoms with Crippen LogP contribution in [0, 0.1) is 5.92 Å². The molecule has 152 valence electrons. The number of alkyl halides is 3. The van der Waals surface area contributed by atoms with Gasteiger partial charge in [-0.3, -0.25) is 0 Å². The Hall–Kier alpha value is -0.900. The number of aliphatic carboxylic acids is 1. The highest BCUT2D eigenvalue weighted by Crippen LogP contribution is 2.38. The van der Waals surface area contributed by atoms with Gasteiger partial charge in [0.1, 0.15) is 0 Å². The number of β-amino-alcohol motifs (C(OH)–C–C–N with tert-alkyl or cyclic N) is 1. The van der Waals surface area contributed by atoms with Gasteiger partial charge < -0.3 is 24.6 Å². The Kier molecular flexibility index (Phi) is 7.29.